The van der Waals surface area contributed by atoms with E-state index in [4.69, 9.17) is 15.6 Å². The molecule has 0 saturated carbocycles. The van der Waals surface area contributed by atoms with Crippen molar-refractivity contribution >= 4 is 17.6 Å². The predicted molar refractivity (Wildman–Crippen MR) is 102 cm³/mol. The summed E-state index contributed by atoms with van der Waals surface area (Å²) in [6, 6.07) is 6.96. The van der Waals surface area contributed by atoms with Crippen LogP contribution in [0.5, 0.6) is 0 Å². The molecule has 0 aliphatic carbocycles. The zero-order valence-electron chi connectivity index (χ0n) is 15.5. The summed E-state index contributed by atoms with van der Waals surface area (Å²) in [4.78, 5) is 29.7. The fourth-order valence-electron chi connectivity index (χ4n) is 3.45. The fourth-order valence-corrected chi connectivity index (χ4v) is 3.45. The number of nitrogens with two attached hydrogens (primary N) is 1. The van der Waals surface area contributed by atoms with Gasteiger partial charge in [-0.2, -0.15) is 0 Å². The van der Waals surface area contributed by atoms with Crippen molar-refractivity contribution in [1.82, 2.24) is 9.80 Å². The number of ether oxygens (including phenoxy) is 1. The Morgan fingerprint density at radius 1 is 1.04 bits per heavy atom. The highest BCUT2D eigenvalue weighted by molar-refractivity contribution is 5.78. The van der Waals surface area contributed by atoms with Gasteiger partial charge in [-0.05, 0) is 24.1 Å². The Hall–Kier alpha value is -2.16. The fraction of sp³-hybridized carbons (Fsp3) is 0.579. The van der Waals surface area contributed by atoms with Crippen LogP contribution in [0.1, 0.15) is 5.56 Å². The van der Waals surface area contributed by atoms with Gasteiger partial charge in [-0.25, -0.2) is 0 Å². The maximum atomic E-state index is 12.5. The first-order valence-electron chi connectivity index (χ1n) is 9.43. The average Bonchev–Trinajstić information content (AvgIpc) is 2.69. The van der Waals surface area contributed by atoms with Crippen LogP contribution in [0.15, 0.2) is 24.3 Å². The number of amides is 1. The SMILES string of the molecule is N[C@@H](Cc1ccc(N2CCN(C(=O)CN3CCOCC3)CC2)cc1)C(=O)O. The molecular weight excluding hydrogens is 348 g/mol. The van der Waals surface area contributed by atoms with Crippen LogP contribution in [-0.2, 0) is 20.7 Å². The molecule has 2 aliphatic rings. The predicted octanol–water partition coefficient (Wildman–Crippen LogP) is -0.378. The normalized spacial score (nSPS) is 19.7. The van der Waals surface area contributed by atoms with Crippen LogP contribution in [0.2, 0.25) is 0 Å². The first kappa shape index (κ1) is 19.6. The first-order valence-corrected chi connectivity index (χ1v) is 9.43. The molecule has 0 bridgehead atoms. The third kappa shape index (κ3) is 5.41. The third-order valence-corrected chi connectivity index (χ3v) is 5.17. The Kier molecular flexibility index (Phi) is 6.65. The van der Waals surface area contributed by atoms with Gasteiger partial charge in [0.2, 0.25) is 5.91 Å². The lowest BCUT2D eigenvalue weighted by atomic mass is 10.1. The molecule has 1 atom stereocenters. The van der Waals surface area contributed by atoms with Gasteiger partial charge < -0.3 is 25.4 Å². The number of carboxylic acids is 1. The number of benzene rings is 1. The molecule has 0 radical (unpaired) electrons. The Balaban J connectivity index is 1.47. The molecule has 8 heteroatoms. The standard InChI is InChI=1S/C19H28N4O4/c20-17(19(25)26)13-15-1-3-16(4-2-15)22-5-7-23(8-6-22)18(24)14-21-9-11-27-12-10-21/h1-4,17H,5-14,20H2,(H,25,26)/t17-/m0/s1. The molecule has 0 unspecified atom stereocenters. The summed E-state index contributed by atoms with van der Waals surface area (Å²) >= 11 is 0. The van der Waals surface area contributed by atoms with Crippen molar-refractivity contribution in [2.45, 2.75) is 12.5 Å². The molecule has 3 N–H and O–H groups in total. The highest BCUT2D eigenvalue weighted by atomic mass is 16.5. The molecule has 2 fully saturated rings. The lowest BCUT2D eigenvalue weighted by Gasteiger charge is -2.37. The molecule has 0 spiro atoms. The highest BCUT2D eigenvalue weighted by Gasteiger charge is 2.23. The van der Waals surface area contributed by atoms with Crippen molar-refractivity contribution < 1.29 is 19.4 Å². The number of rotatable bonds is 6. The van der Waals surface area contributed by atoms with Gasteiger partial charge in [0, 0.05) is 45.0 Å². The van der Waals surface area contributed by atoms with E-state index in [1.165, 1.54) is 0 Å². The van der Waals surface area contributed by atoms with Gasteiger partial charge in [0.05, 0.1) is 19.8 Å². The molecule has 148 valence electrons. The molecule has 0 aromatic heterocycles. The molecule has 8 nitrogen and oxygen atoms in total. The number of hydrogen-bond donors (Lipinski definition) is 2. The second kappa shape index (κ2) is 9.16. The molecule has 27 heavy (non-hydrogen) atoms. The van der Waals surface area contributed by atoms with Crippen LogP contribution in [0, 0.1) is 0 Å². The molecule has 1 aromatic rings. The number of carbonyl (C=O) groups is 2. The number of aliphatic carboxylic acids is 1. The van der Waals surface area contributed by atoms with Crippen molar-refractivity contribution in [3.8, 4) is 0 Å². The van der Waals surface area contributed by atoms with Gasteiger partial charge in [-0.3, -0.25) is 14.5 Å². The van der Waals surface area contributed by atoms with Crippen LogP contribution in [0.3, 0.4) is 0 Å². The van der Waals surface area contributed by atoms with E-state index in [0.29, 0.717) is 26.2 Å². The Bertz CT molecular complexity index is 638. The van der Waals surface area contributed by atoms with E-state index >= 15 is 0 Å². The molecule has 1 aromatic carbocycles. The lowest BCUT2D eigenvalue weighted by molar-refractivity contribution is -0.138. The van der Waals surface area contributed by atoms with Crippen LogP contribution in [0.25, 0.3) is 0 Å². The number of morpholine rings is 1. The minimum atomic E-state index is -0.989. The Morgan fingerprint density at radius 2 is 1.67 bits per heavy atom. The maximum Gasteiger partial charge on any atom is 0.320 e. The molecule has 3 rings (SSSR count). The maximum absolute atomic E-state index is 12.5. The van der Waals surface area contributed by atoms with Gasteiger partial charge in [0.15, 0.2) is 0 Å². The third-order valence-electron chi connectivity index (χ3n) is 5.17. The molecule has 1 amide bonds. The Morgan fingerprint density at radius 3 is 2.26 bits per heavy atom. The van der Waals surface area contributed by atoms with E-state index in [0.717, 1.165) is 50.5 Å². The summed E-state index contributed by atoms with van der Waals surface area (Å²) < 4.78 is 5.32. The van der Waals surface area contributed by atoms with Crippen molar-refractivity contribution in [3.05, 3.63) is 29.8 Å². The van der Waals surface area contributed by atoms with Crippen molar-refractivity contribution in [2.24, 2.45) is 5.73 Å². The second-order valence-corrected chi connectivity index (χ2v) is 7.07. The van der Waals surface area contributed by atoms with Gasteiger partial charge in [-0.1, -0.05) is 12.1 Å². The van der Waals surface area contributed by atoms with Crippen molar-refractivity contribution in [2.75, 3.05) is 63.9 Å². The van der Waals surface area contributed by atoms with E-state index in [2.05, 4.69) is 9.80 Å². The number of nitrogens with zero attached hydrogens (tertiary/aromatic N) is 3. The van der Waals surface area contributed by atoms with E-state index in [-0.39, 0.29) is 5.91 Å². The highest BCUT2D eigenvalue weighted by Crippen LogP contribution is 2.18. The summed E-state index contributed by atoms with van der Waals surface area (Å²) in [7, 11) is 0. The largest absolute Gasteiger partial charge is 0.480 e. The number of hydrogen-bond acceptors (Lipinski definition) is 6. The van der Waals surface area contributed by atoms with Gasteiger partial charge in [-0.15, -0.1) is 0 Å². The number of carbonyl (C=O) groups excluding carboxylic acids is 1. The molecule has 2 heterocycles. The molecular formula is C19H28N4O4. The van der Waals surface area contributed by atoms with E-state index in [1.54, 1.807) is 0 Å². The van der Waals surface area contributed by atoms with E-state index in [1.807, 2.05) is 29.2 Å². The number of anilines is 1. The minimum absolute atomic E-state index is 0.189. The van der Waals surface area contributed by atoms with E-state index in [9.17, 15) is 9.59 Å². The Labute approximate surface area is 159 Å². The summed E-state index contributed by atoms with van der Waals surface area (Å²) in [5, 5.41) is 8.90. The van der Waals surface area contributed by atoms with Crippen LogP contribution in [0.4, 0.5) is 5.69 Å². The first-order chi connectivity index (χ1) is 13.0. The van der Waals surface area contributed by atoms with Gasteiger partial charge in [0.25, 0.3) is 0 Å². The lowest BCUT2D eigenvalue weighted by Crippen LogP contribution is -2.52. The zero-order chi connectivity index (χ0) is 19.2. The minimum Gasteiger partial charge on any atom is -0.480 e. The monoisotopic (exact) mass is 376 g/mol. The average molecular weight is 376 g/mol. The summed E-state index contributed by atoms with van der Waals surface area (Å²) in [5.41, 5.74) is 7.58. The van der Waals surface area contributed by atoms with Crippen LogP contribution in [-0.4, -0.2) is 91.9 Å². The smallest absolute Gasteiger partial charge is 0.320 e. The van der Waals surface area contributed by atoms with Crippen molar-refractivity contribution in [1.29, 1.82) is 0 Å². The zero-order valence-corrected chi connectivity index (χ0v) is 15.5. The van der Waals surface area contributed by atoms with Crippen LogP contribution >= 0.6 is 0 Å². The van der Waals surface area contributed by atoms with Crippen LogP contribution < -0.4 is 10.6 Å². The van der Waals surface area contributed by atoms with Gasteiger partial charge in [0.1, 0.15) is 6.04 Å². The molecule has 2 aliphatic heterocycles. The van der Waals surface area contributed by atoms with E-state index < -0.39 is 12.0 Å². The molecule has 2 saturated heterocycles. The second-order valence-electron chi connectivity index (χ2n) is 7.07. The van der Waals surface area contributed by atoms with Gasteiger partial charge >= 0.3 is 5.97 Å². The summed E-state index contributed by atoms with van der Waals surface area (Å²) in [6.07, 6.45) is 0.319. The topological polar surface area (TPSA) is 99.3 Å². The summed E-state index contributed by atoms with van der Waals surface area (Å²) in [5.74, 6) is -0.800. The summed E-state index contributed by atoms with van der Waals surface area (Å²) in [6.45, 7) is 6.55. The quantitative estimate of drug-likeness (QED) is 0.698. The number of carboxylic acid groups (broad SMARTS) is 1. The van der Waals surface area contributed by atoms with Crippen molar-refractivity contribution in [3.63, 3.8) is 0 Å². The number of piperazine rings is 1.